The second-order valence-electron chi connectivity index (χ2n) is 13.3. The van der Waals surface area contributed by atoms with E-state index in [1.54, 1.807) is 49.6 Å². The third-order valence-electron chi connectivity index (χ3n) is 8.79. The Kier molecular flexibility index (Phi) is 23.0. The number of ketones is 2. The van der Waals surface area contributed by atoms with Crippen LogP contribution in [0.1, 0.15) is 56.6 Å². The van der Waals surface area contributed by atoms with Gasteiger partial charge in [0.15, 0.2) is 11.6 Å². The number of phenolic OH excluding ortho intramolecular Hbond substituents is 1. The molecule has 0 radical (unpaired) electrons. The molecule has 0 saturated heterocycles. The van der Waals surface area contributed by atoms with Gasteiger partial charge in [0.1, 0.15) is 5.75 Å². The molecule has 57 heavy (non-hydrogen) atoms. The quantitative estimate of drug-likeness (QED) is 0.0320. The van der Waals surface area contributed by atoms with E-state index in [1.807, 2.05) is 0 Å². The molecule has 1 unspecified atom stereocenters. The highest BCUT2D eigenvalue weighted by Crippen LogP contribution is 2.20. The van der Waals surface area contributed by atoms with Crippen molar-refractivity contribution in [1.29, 1.82) is 0 Å². The molecular weight excluding hydrogens is 746 g/mol. The predicted molar refractivity (Wildman–Crippen MR) is 203 cm³/mol. The largest absolute Gasteiger partial charge is 0.508 e. The van der Waals surface area contributed by atoms with E-state index in [9.17, 15) is 38.7 Å². The standard InChI is InChI=1S/C39H55N5O13/c1-26(45)41-33(23-28-8-11-31(46)12-9-28)35(48)25-30(22-27-6-4-3-5-7-27)39(52)42-32(13-15-37(50)44-54)34(47)24-29(10-14-36(49)43-53)38(51)40-16-17-56-20-21-57-19-18-55-2/h3-9,11-12,29-30,32-33,46,53-54H,10,13-25H2,1-2H3,(H,40,51)(H,41,45)(H,42,52)(H,43,49)(H,44,50)/t29?,30-,32+,33-/m0/s1. The number of rotatable bonds is 29. The summed E-state index contributed by atoms with van der Waals surface area (Å²) in [4.78, 5) is 91.0. The fraction of sp³-hybridized carbons (Fsp3) is 0.513. The number of Topliss-reactive ketones (excluding diaryl/α,β-unsaturated/α-hetero) is 2. The smallest absolute Gasteiger partial charge is 0.243 e. The van der Waals surface area contributed by atoms with Crippen LogP contribution in [0.15, 0.2) is 54.6 Å². The fourth-order valence-corrected chi connectivity index (χ4v) is 5.76. The first-order chi connectivity index (χ1) is 27.4. The first-order valence-corrected chi connectivity index (χ1v) is 18.6. The van der Waals surface area contributed by atoms with Crippen LogP contribution in [0.4, 0.5) is 0 Å². The van der Waals surface area contributed by atoms with Gasteiger partial charge in [0, 0.05) is 58.1 Å². The summed E-state index contributed by atoms with van der Waals surface area (Å²) < 4.78 is 15.7. The zero-order valence-electron chi connectivity index (χ0n) is 32.3. The van der Waals surface area contributed by atoms with Gasteiger partial charge >= 0.3 is 0 Å². The molecule has 0 heterocycles. The van der Waals surface area contributed by atoms with E-state index in [0.29, 0.717) is 30.9 Å². The van der Waals surface area contributed by atoms with Crippen LogP contribution < -0.4 is 26.9 Å². The summed E-state index contributed by atoms with van der Waals surface area (Å²) in [5.74, 6) is -6.72. The van der Waals surface area contributed by atoms with Gasteiger partial charge < -0.3 is 35.3 Å². The zero-order chi connectivity index (χ0) is 42.0. The Labute approximate surface area is 331 Å². The van der Waals surface area contributed by atoms with Gasteiger partial charge in [0.05, 0.1) is 45.1 Å². The molecule has 2 aromatic rings. The third-order valence-corrected chi connectivity index (χ3v) is 8.79. The van der Waals surface area contributed by atoms with Gasteiger partial charge in [-0.25, -0.2) is 11.0 Å². The lowest BCUT2D eigenvalue weighted by Crippen LogP contribution is -2.48. The molecule has 2 rings (SSSR count). The van der Waals surface area contributed by atoms with Crippen LogP contribution in [0.5, 0.6) is 5.75 Å². The highest BCUT2D eigenvalue weighted by molar-refractivity contribution is 5.96. The Hall–Kier alpha value is -5.27. The number of ether oxygens (including phenoxy) is 3. The lowest BCUT2D eigenvalue weighted by molar-refractivity contribution is -0.136. The van der Waals surface area contributed by atoms with Gasteiger partial charge in [0.25, 0.3) is 0 Å². The number of carbonyl (C=O) groups excluding carboxylic acids is 7. The van der Waals surface area contributed by atoms with Crippen molar-refractivity contribution in [3.05, 3.63) is 65.7 Å². The number of methoxy groups -OCH3 is 1. The Balaban J connectivity index is 2.28. The van der Waals surface area contributed by atoms with Gasteiger partial charge in [0.2, 0.25) is 29.5 Å². The Bertz CT molecular complexity index is 1580. The van der Waals surface area contributed by atoms with Gasteiger partial charge in [-0.3, -0.25) is 44.0 Å². The fourth-order valence-electron chi connectivity index (χ4n) is 5.76. The topological polar surface area (TPSA) is 268 Å². The summed E-state index contributed by atoms with van der Waals surface area (Å²) in [5, 5.41) is 35.8. The van der Waals surface area contributed by atoms with Crippen molar-refractivity contribution in [1.82, 2.24) is 26.9 Å². The molecule has 2 aromatic carbocycles. The van der Waals surface area contributed by atoms with E-state index in [0.717, 1.165) is 0 Å². The van der Waals surface area contributed by atoms with Crippen LogP contribution in [0, 0.1) is 11.8 Å². The maximum atomic E-state index is 14.1. The molecule has 0 aliphatic heterocycles. The van der Waals surface area contributed by atoms with Gasteiger partial charge in [-0.2, -0.15) is 0 Å². The minimum absolute atomic E-state index is 0.0186. The summed E-state index contributed by atoms with van der Waals surface area (Å²) in [5.41, 5.74) is 4.31. The summed E-state index contributed by atoms with van der Waals surface area (Å²) in [6, 6.07) is 12.5. The first-order valence-electron chi connectivity index (χ1n) is 18.6. The minimum Gasteiger partial charge on any atom is -0.508 e. The maximum absolute atomic E-state index is 14.1. The highest BCUT2D eigenvalue weighted by Gasteiger charge is 2.32. The molecular formula is C39H55N5O13. The molecule has 0 fully saturated rings. The van der Waals surface area contributed by atoms with E-state index in [1.165, 1.54) is 30.0 Å². The van der Waals surface area contributed by atoms with E-state index in [4.69, 9.17) is 24.6 Å². The summed E-state index contributed by atoms with van der Waals surface area (Å²) in [6.07, 6.45) is -1.87. The normalized spacial score (nSPS) is 13.0. The molecule has 0 saturated carbocycles. The lowest BCUT2D eigenvalue weighted by atomic mass is 9.88. The maximum Gasteiger partial charge on any atom is 0.243 e. The van der Waals surface area contributed by atoms with E-state index < -0.39 is 77.9 Å². The van der Waals surface area contributed by atoms with E-state index in [2.05, 4.69) is 16.0 Å². The van der Waals surface area contributed by atoms with Crippen molar-refractivity contribution < 1.29 is 63.3 Å². The summed E-state index contributed by atoms with van der Waals surface area (Å²) in [6.45, 7) is 2.82. The minimum atomic E-state index is -1.37. The van der Waals surface area contributed by atoms with Crippen LogP contribution in [0.3, 0.4) is 0 Å². The summed E-state index contributed by atoms with van der Waals surface area (Å²) in [7, 11) is 1.55. The van der Waals surface area contributed by atoms with Crippen molar-refractivity contribution in [2.75, 3.05) is 46.7 Å². The average Bonchev–Trinajstić information content (AvgIpc) is 3.20. The molecule has 0 aliphatic carbocycles. The van der Waals surface area contributed by atoms with Crippen LogP contribution in [-0.2, 0) is 60.6 Å². The number of nitrogens with one attached hydrogen (secondary N) is 5. The zero-order valence-corrected chi connectivity index (χ0v) is 32.3. The monoisotopic (exact) mass is 801 g/mol. The molecule has 18 heteroatoms. The van der Waals surface area contributed by atoms with Gasteiger partial charge in [-0.1, -0.05) is 42.5 Å². The Morgan fingerprint density at radius 3 is 1.81 bits per heavy atom. The van der Waals surface area contributed by atoms with Crippen LogP contribution >= 0.6 is 0 Å². The number of hydrogen-bond acceptors (Lipinski definition) is 13. The SMILES string of the molecule is COCCOCCOCCNC(=O)C(CCC(=O)NO)CC(=O)[C@@H](CCC(=O)NO)NC(=O)[C@H](CC(=O)[C@H](Cc1ccc(O)cc1)NC(C)=O)Cc1ccccc1. The number of aromatic hydroxyl groups is 1. The third kappa shape index (κ3) is 19.9. The lowest BCUT2D eigenvalue weighted by Gasteiger charge is -2.25. The predicted octanol–water partition coefficient (Wildman–Crippen LogP) is 0.685. The van der Waals surface area contributed by atoms with Crippen molar-refractivity contribution in [3.63, 3.8) is 0 Å². The number of amides is 5. The average molecular weight is 802 g/mol. The van der Waals surface area contributed by atoms with E-state index >= 15 is 0 Å². The summed E-state index contributed by atoms with van der Waals surface area (Å²) >= 11 is 0. The molecule has 8 N–H and O–H groups in total. The number of hydroxylamine groups is 2. The molecule has 0 aromatic heterocycles. The second kappa shape index (κ2) is 27.3. The number of hydrogen-bond donors (Lipinski definition) is 8. The molecule has 5 amide bonds. The van der Waals surface area contributed by atoms with Crippen LogP contribution in [0.2, 0.25) is 0 Å². The van der Waals surface area contributed by atoms with E-state index in [-0.39, 0.29) is 64.0 Å². The van der Waals surface area contributed by atoms with Crippen LogP contribution in [-0.4, -0.2) is 115 Å². The first kappa shape index (κ1) is 47.9. The second-order valence-corrected chi connectivity index (χ2v) is 13.3. The number of carbonyl (C=O) groups is 7. The number of phenols is 1. The molecule has 18 nitrogen and oxygen atoms in total. The van der Waals surface area contributed by atoms with Crippen molar-refractivity contribution in [3.8, 4) is 5.75 Å². The molecule has 0 aliphatic rings. The highest BCUT2D eigenvalue weighted by atomic mass is 16.5. The molecule has 4 atom stereocenters. The van der Waals surface area contributed by atoms with Gasteiger partial charge in [-0.05, 0) is 48.9 Å². The van der Waals surface area contributed by atoms with Crippen molar-refractivity contribution in [2.24, 2.45) is 11.8 Å². The molecule has 314 valence electrons. The molecule has 0 bridgehead atoms. The number of benzene rings is 2. The van der Waals surface area contributed by atoms with Crippen LogP contribution in [0.25, 0.3) is 0 Å². The Morgan fingerprint density at radius 1 is 0.632 bits per heavy atom. The molecule has 0 spiro atoms. The van der Waals surface area contributed by atoms with Crippen molar-refractivity contribution >= 4 is 41.1 Å². The van der Waals surface area contributed by atoms with Gasteiger partial charge in [-0.15, -0.1) is 0 Å². The van der Waals surface area contributed by atoms with Crippen molar-refractivity contribution in [2.45, 2.75) is 70.4 Å². The Morgan fingerprint density at radius 2 is 1.19 bits per heavy atom.